The second-order valence-electron chi connectivity index (χ2n) is 3.37. The molecule has 2 aromatic rings. The summed E-state index contributed by atoms with van der Waals surface area (Å²) in [5, 5.41) is 2.89. The lowest BCUT2D eigenvalue weighted by Gasteiger charge is -2.08. The van der Waals surface area contributed by atoms with Gasteiger partial charge in [-0.05, 0) is 53.2 Å². The third-order valence-electron chi connectivity index (χ3n) is 2.06. The molecule has 8 heteroatoms. The SMILES string of the molecule is CCOc1nc(Cl)nc(Nc2cccc(F)c2I)n1. The quantitative estimate of drug-likeness (QED) is 0.806. The second kappa shape index (κ2) is 6.29. The van der Waals surface area contributed by atoms with E-state index in [0.29, 0.717) is 15.9 Å². The molecule has 19 heavy (non-hydrogen) atoms. The first-order valence-electron chi connectivity index (χ1n) is 5.35. The number of hydrogen-bond acceptors (Lipinski definition) is 5. The summed E-state index contributed by atoms with van der Waals surface area (Å²) in [6, 6.07) is 4.80. The Balaban J connectivity index is 2.30. The second-order valence-corrected chi connectivity index (χ2v) is 4.79. The van der Waals surface area contributed by atoms with Crippen LogP contribution in [-0.4, -0.2) is 21.6 Å². The highest BCUT2D eigenvalue weighted by Gasteiger charge is 2.09. The molecule has 0 radical (unpaired) electrons. The summed E-state index contributed by atoms with van der Waals surface area (Å²) in [6.07, 6.45) is 0. The first-order chi connectivity index (χ1) is 9.10. The third-order valence-corrected chi connectivity index (χ3v) is 3.32. The molecule has 0 aliphatic heterocycles. The highest BCUT2D eigenvalue weighted by Crippen LogP contribution is 2.24. The Morgan fingerprint density at radius 1 is 1.37 bits per heavy atom. The molecule has 1 N–H and O–H groups in total. The zero-order valence-corrected chi connectivity index (χ0v) is 12.7. The maximum Gasteiger partial charge on any atom is 0.322 e. The molecule has 0 bridgehead atoms. The van der Waals surface area contributed by atoms with Gasteiger partial charge in [0.25, 0.3) is 0 Å². The van der Waals surface area contributed by atoms with Crippen LogP contribution in [0.4, 0.5) is 16.0 Å². The van der Waals surface area contributed by atoms with Crippen LogP contribution in [-0.2, 0) is 0 Å². The molecular formula is C11H9ClFIN4O. The zero-order chi connectivity index (χ0) is 13.8. The average Bonchev–Trinajstić information content (AvgIpc) is 2.35. The lowest BCUT2D eigenvalue weighted by molar-refractivity contribution is 0.312. The van der Waals surface area contributed by atoms with E-state index in [9.17, 15) is 4.39 Å². The van der Waals surface area contributed by atoms with Crippen molar-refractivity contribution in [1.29, 1.82) is 0 Å². The average molecular weight is 395 g/mol. The highest BCUT2D eigenvalue weighted by molar-refractivity contribution is 14.1. The van der Waals surface area contributed by atoms with Gasteiger partial charge in [0.05, 0.1) is 15.9 Å². The van der Waals surface area contributed by atoms with Crippen molar-refractivity contribution in [3.05, 3.63) is 32.9 Å². The molecule has 0 saturated heterocycles. The number of ether oxygens (including phenoxy) is 1. The van der Waals surface area contributed by atoms with E-state index in [2.05, 4.69) is 20.3 Å². The number of hydrogen-bond donors (Lipinski definition) is 1. The topological polar surface area (TPSA) is 59.9 Å². The van der Waals surface area contributed by atoms with Crippen molar-refractivity contribution < 1.29 is 9.13 Å². The third kappa shape index (κ3) is 3.63. The standard InChI is InChI=1S/C11H9ClFIN4O/c1-2-19-11-17-9(12)16-10(18-11)15-7-5-3-4-6(13)8(7)14/h3-5H,2H2,1H3,(H,15,16,17,18). The van der Waals surface area contributed by atoms with E-state index in [4.69, 9.17) is 16.3 Å². The monoisotopic (exact) mass is 394 g/mol. The molecule has 2 rings (SSSR count). The number of nitrogens with zero attached hydrogens (tertiary/aromatic N) is 3. The molecule has 0 fully saturated rings. The minimum atomic E-state index is -0.323. The number of benzene rings is 1. The number of nitrogens with one attached hydrogen (secondary N) is 1. The van der Waals surface area contributed by atoms with Gasteiger partial charge in [0.2, 0.25) is 11.2 Å². The van der Waals surface area contributed by atoms with Crippen LogP contribution in [0.15, 0.2) is 18.2 Å². The van der Waals surface area contributed by atoms with Gasteiger partial charge in [-0.15, -0.1) is 0 Å². The van der Waals surface area contributed by atoms with Crippen LogP contribution >= 0.6 is 34.2 Å². The molecule has 1 aromatic carbocycles. The van der Waals surface area contributed by atoms with Gasteiger partial charge in [-0.2, -0.15) is 15.0 Å². The maximum atomic E-state index is 13.4. The molecule has 0 saturated carbocycles. The number of halogens is 3. The Labute approximate surface area is 127 Å². The first-order valence-corrected chi connectivity index (χ1v) is 6.81. The normalized spacial score (nSPS) is 10.3. The summed E-state index contributed by atoms with van der Waals surface area (Å²) in [7, 11) is 0. The minimum absolute atomic E-state index is 0.00682. The van der Waals surface area contributed by atoms with Crippen molar-refractivity contribution in [2.45, 2.75) is 6.92 Å². The molecule has 1 heterocycles. The Morgan fingerprint density at radius 2 is 2.16 bits per heavy atom. The lowest BCUT2D eigenvalue weighted by atomic mass is 10.3. The van der Waals surface area contributed by atoms with Crippen LogP contribution in [0.5, 0.6) is 6.01 Å². The molecule has 0 aliphatic carbocycles. The highest BCUT2D eigenvalue weighted by atomic mass is 127. The molecule has 0 unspecified atom stereocenters. The summed E-state index contributed by atoms with van der Waals surface area (Å²) in [5.41, 5.74) is 0.547. The van der Waals surface area contributed by atoms with E-state index in [1.165, 1.54) is 6.07 Å². The smallest absolute Gasteiger partial charge is 0.322 e. The molecule has 5 nitrogen and oxygen atoms in total. The van der Waals surface area contributed by atoms with Crippen LogP contribution in [0.3, 0.4) is 0 Å². The van der Waals surface area contributed by atoms with E-state index >= 15 is 0 Å². The fraction of sp³-hybridized carbons (Fsp3) is 0.182. The Morgan fingerprint density at radius 3 is 2.89 bits per heavy atom. The Bertz CT molecular complexity index is 599. The van der Waals surface area contributed by atoms with Crippen molar-refractivity contribution in [2.75, 3.05) is 11.9 Å². The van der Waals surface area contributed by atoms with Crippen molar-refractivity contribution in [3.63, 3.8) is 0 Å². The molecule has 0 aliphatic rings. The van der Waals surface area contributed by atoms with Gasteiger partial charge in [0.1, 0.15) is 5.82 Å². The van der Waals surface area contributed by atoms with Crippen LogP contribution in [0.25, 0.3) is 0 Å². The fourth-order valence-corrected chi connectivity index (χ4v) is 1.95. The predicted molar refractivity (Wildman–Crippen MR) is 78.4 cm³/mol. The van der Waals surface area contributed by atoms with Gasteiger partial charge in [-0.25, -0.2) is 4.39 Å². The van der Waals surface area contributed by atoms with E-state index in [1.807, 2.05) is 22.6 Å². The lowest BCUT2D eigenvalue weighted by Crippen LogP contribution is -2.04. The van der Waals surface area contributed by atoms with E-state index in [-0.39, 0.29) is 23.1 Å². The zero-order valence-electron chi connectivity index (χ0n) is 9.82. The van der Waals surface area contributed by atoms with Crippen LogP contribution < -0.4 is 10.1 Å². The van der Waals surface area contributed by atoms with Crippen molar-refractivity contribution >= 4 is 45.8 Å². The summed E-state index contributed by atoms with van der Waals surface area (Å²) in [6.45, 7) is 2.22. The summed E-state index contributed by atoms with van der Waals surface area (Å²) >= 11 is 7.66. The number of rotatable bonds is 4. The number of aromatic nitrogens is 3. The number of anilines is 2. The van der Waals surface area contributed by atoms with E-state index in [0.717, 1.165) is 0 Å². The van der Waals surface area contributed by atoms with E-state index in [1.54, 1.807) is 19.1 Å². The van der Waals surface area contributed by atoms with Crippen LogP contribution in [0, 0.1) is 9.39 Å². The molecular weight excluding hydrogens is 386 g/mol. The Kier molecular flexibility index (Phi) is 4.70. The van der Waals surface area contributed by atoms with Crippen LogP contribution in [0.2, 0.25) is 5.28 Å². The van der Waals surface area contributed by atoms with Crippen molar-refractivity contribution in [3.8, 4) is 6.01 Å². The van der Waals surface area contributed by atoms with Crippen molar-refractivity contribution in [1.82, 2.24) is 15.0 Å². The van der Waals surface area contributed by atoms with E-state index < -0.39 is 0 Å². The molecule has 0 atom stereocenters. The van der Waals surface area contributed by atoms with Gasteiger partial charge in [0.15, 0.2) is 0 Å². The van der Waals surface area contributed by atoms with Gasteiger partial charge in [-0.3, -0.25) is 0 Å². The predicted octanol–water partition coefficient (Wildman–Crippen LogP) is 3.41. The van der Waals surface area contributed by atoms with Crippen molar-refractivity contribution in [2.24, 2.45) is 0 Å². The molecule has 0 spiro atoms. The molecule has 0 amide bonds. The maximum absolute atomic E-state index is 13.4. The molecule has 1 aromatic heterocycles. The fourth-order valence-electron chi connectivity index (χ4n) is 1.30. The summed E-state index contributed by atoms with van der Waals surface area (Å²) in [5.74, 6) is -0.122. The summed E-state index contributed by atoms with van der Waals surface area (Å²) < 4.78 is 19.0. The van der Waals surface area contributed by atoms with Gasteiger partial charge >= 0.3 is 6.01 Å². The minimum Gasteiger partial charge on any atom is -0.464 e. The van der Waals surface area contributed by atoms with Crippen LogP contribution in [0.1, 0.15) is 6.92 Å². The van der Waals surface area contributed by atoms with Gasteiger partial charge < -0.3 is 10.1 Å². The Hall–Kier alpha value is -1.22. The largest absolute Gasteiger partial charge is 0.464 e. The van der Waals surface area contributed by atoms with Gasteiger partial charge in [-0.1, -0.05) is 6.07 Å². The molecule has 100 valence electrons. The summed E-state index contributed by atoms with van der Waals surface area (Å²) in [4.78, 5) is 11.7. The van der Waals surface area contributed by atoms with Gasteiger partial charge in [0, 0.05) is 0 Å². The first kappa shape index (κ1) is 14.2.